The van der Waals surface area contributed by atoms with E-state index in [-0.39, 0.29) is 11.0 Å². The molecule has 0 bridgehead atoms. The van der Waals surface area contributed by atoms with Crippen molar-refractivity contribution in [1.82, 2.24) is 9.97 Å². The van der Waals surface area contributed by atoms with Crippen LogP contribution in [0.15, 0.2) is 30.8 Å². The minimum Gasteiger partial charge on any atom is -0.368 e. The van der Waals surface area contributed by atoms with E-state index in [1.54, 1.807) is 6.07 Å². The Labute approximate surface area is 144 Å². The van der Waals surface area contributed by atoms with Gasteiger partial charge in [0.05, 0.1) is 16.4 Å². The molecule has 124 valence electrons. The first-order chi connectivity index (χ1) is 10.7. The molecule has 2 rings (SSSR count). The Morgan fingerprint density at radius 2 is 1.91 bits per heavy atom. The quantitative estimate of drug-likeness (QED) is 0.728. The molecular weight excluding hydrogens is 337 g/mol. The van der Waals surface area contributed by atoms with E-state index in [1.807, 2.05) is 13.8 Å². The summed E-state index contributed by atoms with van der Waals surface area (Å²) in [6.07, 6.45) is 0. The van der Waals surface area contributed by atoms with Gasteiger partial charge in [-0.1, -0.05) is 32.0 Å². The zero-order valence-electron chi connectivity index (χ0n) is 12.9. The Kier molecular flexibility index (Phi) is 7.44. The molecule has 0 saturated carbocycles. The van der Waals surface area contributed by atoms with E-state index in [1.165, 1.54) is 18.2 Å². The Bertz CT molecular complexity index is 691. The first-order valence-corrected chi connectivity index (χ1v) is 7.92. The molecule has 0 fully saturated rings. The van der Waals surface area contributed by atoms with Gasteiger partial charge in [0.25, 0.3) is 0 Å². The van der Waals surface area contributed by atoms with Crippen molar-refractivity contribution in [2.45, 2.75) is 19.9 Å². The summed E-state index contributed by atoms with van der Waals surface area (Å²) in [7, 11) is 0. The lowest BCUT2D eigenvalue weighted by molar-refractivity contribution is 0.628. The smallest absolute Gasteiger partial charge is 0.221 e. The van der Waals surface area contributed by atoms with Crippen molar-refractivity contribution in [3.05, 3.63) is 47.4 Å². The second-order valence-corrected chi connectivity index (χ2v) is 6.04. The third-order valence-corrected chi connectivity index (χ3v) is 3.18. The highest BCUT2D eigenvalue weighted by Gasteiger charge is 2.11. The van der Waals surface area contributed by atoms with Gasteiger partial charge >= 0.3 is 0 Å². The lowest BCUT2D eigenvalue weighted by atomic mass is 10.1. The number of anilines is 1. The topological polar surface area (TPSA) is 104 Å². The van der Waals surface area contributed by atoms with Crippen LogP contribution in [0.3, 0.4) is 0 Å². The zero-order valence-corrected chi connectivity index (χ0v) is 14.5. The minimum atomic E-state index is -0.419. The van der Waals surface area contributed by atoms with Crippen molar-refractivity contribution in [3.63, 3.8) is 0 Å². The van der Waals surface area contributed by atoms with Crippen molar-refractivity contribution < 1.29 is 4.39 Å². The second-order valence-electron chi connectivity index (χ2n) is 4.91. The molecule has 0 aliphatic heterocycles. The highest BCUT2D eigenvalue weighted by molar-refractivity contribution is 8.06. The highest BCUT2D eigenvalue weighted by Crippen LogP contribution is 2.30. The van der Waals surface area contributed by atoms with E-state index in [2.05, 4.69) is 16.5 Å². The lowest BCUT2D eigenvalue weighted by Gasteiger charge is -2.08. The Morgan fingerprint density at radius 3 is 2.43 bits per heavy atom. The number of benzene rings is 1. The van der Waals surface area contributed by atoms with Gasteiger partial charge in [0.15, 0.2) is 0 Å². The van der Waals surface area contributed by atoms with E-state index in [0.29, 0.717) is 27.9 Å². The highest BCUT2D eigenvalue weighted by atomic mass is 35.5. The monoisotopic (exact) mass is 355 g/mol. The van der Waals surface area contributed by atoms with Gasteiger partial charge in [0.2, 0.25) is 5.95 Å². The van der Waals surface area contributed by atoms with Crippen molar-refractivity contribution in [3.8, 4) is 11.3 Å². The van der Waals surface area contributed by atoms with Crippen LogP contribution in [0.5, 0.6) is 0 Å². The van der Waals surface area contributed by atoms with Crippen LogP contribution in [0, 0.1) is 5.82 Å². The maximum Gasteiger partial charge on any atom is 0.221 e. The third-order valence-electron chi connectivity index (χ3n) is 2.38. The van der Waals surface area contributed by atoms with E-state index >= 15 is 0 Å². The zero-order chi connectivity index (χ0) is 17.6. The number of nitrogens with two attached hydrogens (primary N) is 3. The summed E-state index contributed by atoms with van der Waals surface area (Å²) in [6.45, 7) is 7.64. The number of nitrogens with zero attached hydrogens (tertiary/aromatic N) is 2. The Morgan fingerprint density at radius 1 is 1.30 bits per heavy atom. The molecule has 0 aliphatic rings. The van der Waals surface area contributed by atoms with Crippen LogP contribution >= 0.6 is 23.5 Å². The maximum atomic E-state index is 13.0. The molecule has 2 aromatic rings. The SMILES string of the molecule is C=C(SN)c1cc(-c2ccc(F)cc2Cl)nc(N)n1.CC(C)N. The van der Waals surface area contributed by atoms with Gasteiger partial charge in [-0.25, -0.2) is 14.4 Å². The number of rotatable bonds is 3. The summed E-state index contributed by atoms with van der Waals surface area (Å²) in [6, 6.07) is 6.02. The van der Waals surface area contributed by atoms with Gasteiger partial charge < -0.3 is 11.5 Å². The molecule has 1 heterocycles. The summed E-state index contributed by atoms with van der Waals surface area (Å²) in [4.78, 5) is 8.66. The van der Waals surface area contributed by atoms with Crippen LogP contribution in [0.4, 0.5) is 10.3 Å². The molecule has 1 aromatic carbocycles. The van der Waals surface area contributed by atoms with Crippen molar-refractivity contribution >= 4 is 34.4 Å². The van der Waals surface area contributed by atoms with Crippen LogP contribution in [0.2, 0.25) is 5.02 Å². The van der Waals surface area contributed by atoms with Crippen LogP contribution < -0.4 is 16.6 Å². The standard InChI is InChI=1S/C12H10ClFN4S.C3H9N/c1-6(19-16)10-5-11(18-12(15)17-10)8-3-2-7(14)4-9(8)13;1-3(2)4/h2-5H,1,16H2,(H2,15,17,18);3H,4H2,1-2H3. The van der Waals surface area contributed by atoms with Crippen molar-refractivity contribution in [2.24, 2.45) is 10.9 Å². The molecule has 0 unspecified atom stereocenters. The number of halogens is 2. The third kappa shape index (κ3) is 6.15. The van der Waals surface area contributed by atoms with Gasteiger partial charge in [-0.2, -0.15) is 0 Å². The van der Waals surface area contributed by atoms with Crippen molar-refractivity contribution in [1.29, 1.82) is 0 Å². The normalized spacial score (nSPS) is 10.2. The molecule has 8 heteroatoms. The fourth-order valence-electron chi connectivity index (χ4n) is 1.50. The van der Waals surface area contributed by atoms with Gasteiger partial charge in [-0.15, -0.1) is 0 Å². The predicted octanol–water partition coefficient (Wildman–Crippen LogP) is 3.45. The van der Waals surface area contributed by atoms with E-state index in [4.69, 9.17) is 28.2 Å². The summed E-state index contributed by atoms with van der Waals surface area (Å²) in [5.41, 5.74) is 12.3. The van der Waals surface area contributed by atoms with Gasteiger partial charge in [-0.05, 0) is 42.3 Å². The molecule has 0 saturated heterocycles. The average Bonchev–Trinajstić information content (AvgIpc) is 2.45. The van der Waals surface area contributed by atoms with Gasteiger partial charge in [0, 0.05) is 10.5 Å². The number of aromatic nitrogens is 2. The van der Waals surface area contributed by atoms with E-state index in [9.17, 15) is 4.39 Å². The molecule has 0 spiro atoms. The minimum absolute atomic E-state index is 0.0723. The molecule has 0 amide bonds. The molecule has 5 nitrogen and oxygen atoms in total. The molecule has 0 atom stereocenters. The largest absolute Gasteiger partial charge is 0.368 e. The second kappa shape index (κ2) is 8.83. The molecule has 0 aliphatic carbocycles. The van der Waals surface area contributed by atoms with Crippen molar-refractivity contribution in [2.75, 3.05) is 5.73 Å². The van der Waals surface area contributed by atoms with Crippen LogP contribution in [-0.2, 0) is 0 Å². The molecule has 6 N–H and O–H groups in total. The molecule has 1 aromatic heterocycles. The lowest BCUT2D eigenvalue weighted by Crippen LogP contribution is -2.06. The number of nitrogen functional groups attached to an aromatic ring is 1. The Balaban J connectivity index is 0.000000593. The first kappa shape index (κ1) is 19.4. The Hall–Kier alpha value is -1.67. The fraction of sp³-hybridized carbons (Fsp3) is 0.200. The maximum absolute atomic E-state index is 13.0. The summed E-state index contributed by atoms with van der Waals surface area (Å²) in [5, 5.41) is 5.68. The van der Waals surface area contributed by atoms with Gasteiger partial charge in [-0.3, -0.25) is 5.14 Å². The van der Waals surface area contributed by atoms with E-state index < -0.39 is 5.82 Å². The van der Waals surface area contributed by atoms with Crippen LogP contribution in [0.1, 0.15) is 19.5 Å². The fourth-order valence-corrected chi connectivity index (χ4v) is 1.99. The molecular formula is C15H19ClFN5S. The summed E-state index contributed by atoms with van der Waals surface area (Å²) in [5.74, 6) is -0.346. The van der Waals surface area contributed by atoms with Crippen LogP contribution in [0.25, 0.3) is 16.2 Å². The molecule has 0 radical (unpaired) electrons. The van der Waals surface area contributed by atoms with Gasteiger partial charge in [0.1, 0.15) is 5.82 Å². The predicted molar refractivity (Wildman–Crippen MR) is 97.0 cm³/mol. The summed E-state index contributed by atoms with van der Waals surface area (Å²) >= 11 is 6.95. The van der Waals surface area contributed by atoms with E-state index in [0.717, 1.165) is 11.9 Å². The first-order valence-electron chi connectivity index (χ1n) is 6.66. The number of hydrogen-bond acceptors (Lipinski definition) is 6. The molecule has 23 heavy (non-hydrogen) atoms. The number of hydrogen-bond donors (Lipinski definition) is 3. The summed E-state index contributed by atoms with van der Waals surface area (Å²) < 4.78 is 13.0. The average molecular weight is 356 g/mol. The van der Waals surface area contributed by atoms with Crippen LogP contribution in [-0.4, -0.2) is 16.0 Å².